The van der Waals surface area contributed by atoms with Crippen LogP contribution >= 0.6 is 11.8 Å². The molecule has 28 heavy (non-hydrogen) atoms. The predicted molar refractivity (Wildman–Crippen MR) is 112 cm³/mol. The Morgan fingerprint density at radius 3 is 2.46 bits per heavy atom. The molecule has 0 unspecified atom stereocenters. The number of amides is 1. The van der Waals surface area contributed by atoms with Gasteiger partial charge in [0.2, 0.25) is 5.91 Å². The first-order valence-corrected chi connectivity index (χ1v) is 9.89. The molecule has 144 valence electrons. The summed E-state index contributed by atoms with van der Waals surface area (Å²) in [4.78, 5) is 23.5. The highest BCUT2D eigenvalue weighted by Crippen LogP contribution is 2.25. The van der Waals surface area contributed by atoms with Crippen molar-refractivity contribution in [2.75, 3.05) is 23.9 Å². The van der Waals surface area contributed by atoms with Gasteiger partial charge in [0, 0.05) is 11.6 Å². The second-order valence-electron chi connectivity index (χ2n) is 6.15. The number of thioether (sulfide) groups is 1. The quantitative estimate of drug-likeness (QED) is 0.618. The molecule has 0 aliphatic carbocycles. The number of anilines is 1. The van der Waals surface area contributed by atoms with Gasteiger partial charge in [-0.15, -0.1) is 11.8 Å². The second-order valence-corrected chi connectivity index (χ2v) is 7.13. The summed E-state index contributed by atoms with van der Waals surface area (Å²) in [7, 11) is 1.33. The average molecular weight is 395 g/mol. The fraction of sp³-hybridized carbons (Fsp3) is 0.190. The van der Waals surface area contributed by atoms with Crippen molar-refractivity contribution in [3.8, 4) is 16.9 Å². The number of para-hydroxylation sites is 1. The van der Waals surface area contributed by atoms with Crippen LogP contribution in [0, 0.1) is 6.92 Å². The minimum Gasteiger partial charge on any atom is -0.468 e. The molecular weight excluding hydrogens is 374 g/mol. The van der Waals surface area contributed by atoms with Crippen LogP contribution in [0.3, 0.4) is 0 Å². The van der Waals surface area contributed by atoms with E-state index in [0.717, 1.165) is 16.9 Å². The average Bonchev–Trinajstić information content (AvgIpc) is 3.12. The number of hydrogen-bond donors (Lipinski definition) is 1. The van der Waals surface area contributed by atoms with Gasteiger partial charge in [0.1, 0.15) is 5.82 Å². The summed E-state index contributed by atoms with van der Waals surface area (Å²) in [6.45, 7) is 2.03. The molecule has 0 radical (unpaired) electrons. The van der Waals surface area contributed by atoms with Crippen LogP contribution in [0.5, 0.6) is 0 Å². The highest BCUT2D eigenvalue weighted by molar-refractivity contribution is 8.00. The van der Waals surface area contributed by atoms with E-state index in [9.17, 15) is 9.59 Å². The van der Waals surface area contributed by atoms with E-state index in [-0.39, 0.29) is 23.4 Å². The van der Waals surface area contributed by atoms with Gasteiger partial charge >= 0.3 is 5.97 Å². The van der Waals surface area contributed by atoms with Gasteiger partial charge in [-0.1, -0.05) is 48.0 Å². The molecule has 0 saturated carbocycles. The Kier molecular flexibility index (Phi) is 6.49. The summed E-state index contributed by atoms with van der Waals surface area (Å²) in [5.74, 6) is 0.298. The molecule has 1 N–H and O–H groups in total. The molecule has 3 rings (SSSR count). The topological polar surface area (TPSA) is 73.2 Å². The number of esters is 1. The molecule has 0 aliphatic heterocycles. The summed E-state index contributed by atoms with van der Waals surface area (Å²) < 4.78 is 6.29. The molecule has 0 fully saturated rings. The van der Waals surface area contributed by atoms with Crippen LogP contribution in [0.25, 0.3) is 16.9 Å². The van der Waals surface area contributed by atoms with E-state index in [1.54, 1.807) is 4.68 Å². The van der Waals surface area contributed by atoms with Crippen LogP contribution in [0.1, 0.15) is 5.56 Å². The zero-order valence-corrected chi connectivity index (χ0v) is 16.5. The number of rotatable bonds is 7. The maximum absolute atomic E-state index is 12.3. The highest BCUT2D eigenvalue weighted by atomic mass is 32.2. The lowest BCUT2D eigenvalue weighted by Gasteiger charge is -2.08. The van der Waals surface area contributed by atoms with Crippen LogP contribution in [-0.4, -0.2) is 40.3 Å². The Hall–Kier alpha value is -3.06. The number of nitrogens with one attached hydrogen (secondary N) is 1. The molecule has 1 amide bonds. The minimum atomic E-state index is -0.353. The Balaban J connectivity index is 1.83. The SMILES string of the molecule is COC(=O)CSCC(=O)Nc1cc(-c2ccc(C)cc2)nn1-c1ccccc1. The lowest BCUT2D eigenvalue weighted by molar-refractivity contribution is -0.137. The van der Waals surface area contributed by atoms with Gasteiger partial charge < -0.3 is 10.1 Å². The fourth-order valence-corrected chi connectivity index (χ4v) is 3.21. The largest absolute Gasteiger partial charge is 0.468 e. The molecule has 0 saturated heterocycles. The van der Waals surface area contributed by atoms with E-state index >= 15 is 0 Å². The van der Waals surface area contributed by atoms with Gasteiger partial charge in [0.15, 0.2) is 0 Å². The number of carbonyl (C=O) groups excluding carboxylic acids is 2. The molecular formula is C21H21N3O3S. The second kappa shape index (κ2) is 9.23. The van der Waals surface area contributed by atoms with Crippen molar-refractivity contribution in [2.24, 2.45) is 0 Å². The Morgan fingerprint density at radius 2 is 1.79 bits per heavy atom. The molecule has 0 spiro atoms. The number of aromatic nitrogens is 2. The lowest BCUT2D eigenvalue weighted by atomic mass is 10.1. The molecule has 3 aromatic rings. The number of ether oxygens (including phenoxy) is 1. The summed E-state index contributed by atoms with van der Waals surface area (Å²) in [5, 5.41) is 7.57. The van der Waals surface area contributed by atoms with Crippen molar-refractivity contribution in [3.63, 3.8) is 0 Å². The van der Waals surface area contributed by atoms with Crippen LogP contribution in [0.2, 0.25) is 0 Å². The molecule has 7 heteroatoms. The molecule has 2 aromatic carbocycles. The third-order valence-corrected chi connectivity index (χ3v) is 4.91. The van der Waals surface area contributed by atoms with Gasteiger partial charge in [-0.05, 0) is 19.1 Å². The fourth-order valence-electron chi connectivity index (χ4n) is 2.57. The van der Waals surface area contributed by atoms with Gasteiger partial charge in [-0.3, -0.25) is 9.59 Å². The summed E-state index contributed by atoms with van der Waals surface area (Å²) in [6, 6.07) is 19.5. The molecule has 6 nitrogen and oxygen atoms in total. The normalized spacial score (nSPS) is 10.5. The number of benzene rings is 2. The molecule has 1 aromatic heterocycles. The number of aryl methyl sites for hydroxylation is 1. The van der Waals surface area contributed by atoms with Crippen LogP contribution in [0.15, 0.2) is 60.7 Å². The van der Waals surface area contributed by atoms with E-state index in [4.69, 9.17) is 0 Å². The molecule has 0 atom stereocenters. The first-order chi connectivity index (χ1) is 13.6. The predicted octanol–water partition coefficient (Wildman–Crippen LogP) is 3.69. The standard InChI is InChI=1S/C21H21N3O3S/c1-15-8-10-16(11-9-15)18-12-19(22-20(25)13-28-14-21(26)27-2)24(23-18)17-6-4-3-5-7-17/h3-12H,13-14H2,1-2H3,(H,22,25). The van der Waals surface area contributed by atoms with E-state index in [0.29, 0.717) is 5.82 Å². The van der Waals surface area contributed by atoms with Crippen molar-refractivity contribution in [1.82, 2.24) is 9.78 Å². The third-order valence-electron chi connectivity index (χ3n) is 4.01. The van der Waals surface area contributed by atoms with Crippen LogP contribution in [-0.2, 0) is 14.3 Å². The van der Waals surface area contributed by atoms with Gasteiger partial charge in [0.25, 0.3) is 0 Å². The lowest BCUT2D eigenvalue weighted by Crippen LogP contribution is -2.18. The summed E-state index contributed by atoms with van der Waals surface area (Å²) in [5.41, 5.74) is 3.75. The first kappa shape index (κ1) is 19.7. The van der Waals surface area contributed by atoms with Crippen LogP contribution < -0.4 is 5.32 Å². The van der Waals surface area contributed by atoms with E-state index in [1.165, 1.54) is 24.4 Å². The monoisotopic (exact) mass is 395 g/mol. The molecule has 0 aliphatic rings. The third kappa shape index (κ3) is 5.01. The van der Waals surface area contributed by atoms with Crippen LogP contribution in [0.4, 0.5) is 5.82 Å². The minimum absolute atomic E-state index is 0.135. The summed E-state index contributed by atoms with van der Waals surface area (Å²) in [6.07, 6.45) is 0. The molecule has 1 heterocycles. The van der Waals surface area contributed by atoms with Crippen molar-refractivity contribution in [3.05, 3.63) is 66.2 Å². The smallest absolute Gasteiger partial charge is 0.315 e. The Morgan fingerprint density at radius 1 is 1.07 bits per heavy atom. The zero-order valence-electron chi connectivity index (χ0n) is 15.7. The van der Waals surface area contributed by atoms with E-state index < -0.39 is 0 Å². The highest BCUT2D eigenvalue weighted by Gasteiger charge is 2.14. The van der Waals surface area contributed by atoms with Gasteiger partial charge in [-0.25, -0.2) is 4.68 Å². The maximum atomic E-state index is 12.3. The van der Waals surface area contributed by atoms with Crippen molar-refractivity contribution >= 4 is 29.5 Å². The van der Waals surface area contributed by atoms with Crippen molar-refractivity contribution in [2.45, 2.75) is 6.92 Å². The van der Waals surface area contributed by atoms with Gasteiger partial charge in [-0.2, -0.15) is 5.10 Å². The van der Waals surface area contributed by atoms with Gasteiger partial charge in [0.05, 0.1) is 30.0 Å². The number of hydrogen-bond acceptors (Lipinski definition) is 5. The Bertz CT molecular complexity index is 953. The van der Waals surface area contributed by atoms with E-state index in [2.05, 4.69) is 15.2 Å². The van der Waals surface area contributed by atoms with E-state index in [1.807, 2.05) is 67.6 Å². The molecule has 0 bridgehead atoms. The zero-order chi connectivity index (χ0) is 19.9. The maximum Gasteiger partial charge on any atom is 0.315 e. The van der Waals surface area contributed by atoms with Crippen molar-refractivity contribution in [1.29, 1.82) is 0 Å². The number of methoxy groups -OCH3 is 1. The number of carbonyl (C=O) groups is 2. The number of nitrogens with zero attached hydrogens (tertiary/aromatic N) is 2. The Labute approximate surface area is 167 Å². The van der Waals surface area contributed by atoms with Crippen molar-refractivity contribution < 1.29 is 14.3 Å². The summed E-state index contributed by atoms with van der Waals surface area (Å²) >= 11 is 1.20. The first-order valence-electron chi connectivity index (χ1n) is 8.74.